The fraction of sp³-hybridized carbons (Fsp3) is 0.688. The van der Waals surface area contributed by atoms with E-state index < -0.39 is 0 Å². The quantitative estimate of drug-likeness (QED) is 0.873. The molecule has 0 amide bonds. The average Bonchev–Trinajstić information content (AvgIpc) is 2.47. The zero-order valence-corrected chi connectivity index (χ0v) is 13.3. The first-order chi connectivity index (χ1) is 10.1. The predicted octanol–water partition coefficient (Wildman–Crippen LogP) is 2.56. The van der Waals surface area contributed by atoms with Gasteiger partial charge in [-0.2, -0.15) is 4.98 Å². The molecular formula is C16H27N3O2. The second-order valence-corrected chi connectivity index (χ2v) is 6.15. The first-order valence-corrected chi connectivity index (χ1v) is 7.73. The van der Waals surface area contributed by atoms with Crippen LogP contribution in [0.15, 0.2) is 12.1 Å². The number of nitrogen functional groups attached to an aromatic ring is 1. The number of aromatic nitrogens is 1. The van der Waals surface area contributed by atoms with Gasteiger partial charge in [0.05, 0.1) is 12.3 Å². The van der Waals surface area contributed by atoms with E-state index in [1.165, 1.54) is 0 Å². The number of pyridine rings is 1. The SMILES string of the molecule is COCC1CCN(c2ccc(N)c(OCC(C)C)n2)CC1. The molecule has 0 spiro atoms. The highest BCUT2D eigenvalue weighted by atomic mass is 16.5. The molecular weight excluding hydrogens is 266 g/mol. The molecule has 2 heterocycles. The van der Waals surface area contributed by atoms with Gasteiger partial charge in [-0.05, 0) is 36.8 Å². The van der Waals surface area contributed by atoms with Gasteiger partial charge in [0.1, 0.15) is 5.82 Å². The van der Waals surface area contributed by atoms with Gasteiger partial charge in [-0.3, -0.25) is 0 Å². The summed E-state index contributed by atoms with van der Waals surface area (Å²) in [6, 6.07) is 3.87. The molecule has 1 aliphatic heterocycles. The lowest BCUT2D eigenvalue weighted by Gasteiger charge is -2.32. The Balaban J connectivity index is 1.99. The lowest BCUT2D eigenvalue weighted by atomic mass is 9.98. The van der Waals surface area contributed by atoms with Crippen LogP contribution in [-0.4, -0.2) is 38.4 Å². The van der Waals surface area contributed by atoms with Crippen molar-refractivity contribution in [2.45, 2.75) is 26.7 Å². The Morgan fingerprint density at radius 2 is 2.05 bits per heavy atom. The van der Waals surface area contributed by atoms with Gasteiger partial charge in [-0.1, -0.05) is 13.8 Å². The van der Waals surface area contributed by atoms with Gasteiger partial charge in [-0.15, -0.1) is 0 Å². The summed E-state index contributed by atoms with van der Waals surface area (Å²) in [4.78, 5) is 6.89. The largest absolute Gasteiger partial charge is 0.476 e. The Hall–Kier alpha value is -1.49. The van der Waals surface area contributed by atoms with Crippen LogP contribution in [0.2, 0.25) is 0 Å². The minimum atomic E-state index is 0.458. The lowest BCUT2D eigenvalue weighted by Crippen LogP contribution is -2.35. The third kappa shape index (κ3) is 4.49. The van der Waals surface area contributed by atoms with Crippen molar-refractivity contribution in [3.05, 3.63) is 12.1 Å². The van der Waals surface area contributed by atoms with Crippen LogP contribution >= 0.6 is 0 Å². The molecule has 0 radical (unpaired) electrons. The summed E-state index contributed by atoms with van der Waals surface area (Å²) in [5.41, 5.74) is 6.55. The van der Waals surface area contributed by atoms with Crippen molar-refractivity contribution in [2.75, 3.05) is 44.0 Å². The summed E-state index contributed by atoms with van der Waals surface area (Å²) >= 11 is 0. The van der Waals surface area contributed by atoms with Gasteiger partial charge in [0, 0.05) is 26.8 Å². The molecule has 1 fully saturated rings. The first kappa shape index (κ1) is 15.9. The molecule has 0 saturated carbocycles. The van der Waals surface area contributed by atoms with Gasteiger partial charge >= 0.3 is 0 Å². The second kappa shape index (κ2) is 7.50. The summed E-state index contributed by atoms with van der Waals surface area (Å²) < 4.78 is 10.9. The van der Waals surface area contributed by atoms with Crippen molar-refractivity contribution in [1.82, 2.24) is 4.98 Å². The Morgan fingerprint density at radius 1 is 1.33 bits per heavy atom. The van der Waals surface area contributed by atoms with Crippen LogP contribution in [0.5, 0.6) is 5.88 Å². The predicted molar refractivity (Wildman–Crippen MR) is 85.8 cm³/mol. The zero-order chi connectivity index (χ0) is 15.2. The molecule has 5 heteroatoms. The maximum atomic E-state index is 5.94. The van der Waals surface area contributed by atoms with Gasteiger partial charge in [0.25, 0.3) is 0 Å². The molecule has 1 aliphatic rings. The Bertz CT molecular complexity index is 443. The highest BCUT2D eigenvalue weighted by Crippen LogP contribution is 2.27. The van der Waals surface area contributed by atoms with Crippen LogP contribution < -0.4 is 15.4 Å². The highest BCUT2D eigenvalue weighted by molar-refractivity contribution is 5.54. The maximum absolute atomic E-state index is 5.94. The van der Waals surface area contributed by atoms with Gasteiger partial charge in [0.2, 0.25) is 5.88 Å². The maximum Gasteiger partial charge on any atom is 0.239 e. The minimum Gasteiger partial charge on any atom is -0.476 e. The van der Waals surface area contributed by atoms with Crippen molar-refractivity contribution < 1.29 is 9.47 Å². The summed E-state index contributed by atoms with van der Waals surface area (Å²) in [5, 5.41) is 0. The first-order valence-electron chi connectivity index (χ1n) is 7.73. The van der Waals surface area contributed by atoms with E-state index in [0.29, 0.717) is 30.0 Å². The average molecular weight is 293 g/mol. The van der Waals surface area contributed by atoms with Crippen molar-refractivity contribution in [1.29, 1.82) is 0 Å². The summed E-state index contributed by atoms with van der Waals surface area (Å²) in [6.07, 6.45) is 2.28. The van der Waals surface area contributed by atoms with Crippen LogP contribution in [-0.2, 0) is 4.74 Å². The van der Waals surface area contributed by atoms with Crippen molar-refractivity contribution in [3.63, 3.8) is 0 Å². The van der Waals surface area contributed by atoms with E-state index in [1.807, 2.05) is 12.1 Å². The molecule has 0 aromatic carbocycles. The molecule has 1 aromatic rings. The van der Waals surface area contributed by atoms with E-state index in [4.69, 9.17) is 15.2 Å². The second-order valence-electron chi connectivity index (χ2n) is 6.15. The number of anilines is 2. The zero-order valence-electron chi connectivity index (χ0n) is 13.3. The van der Waals surface area contributed by atoms with Crippen molar-refractivity contribution >= 4 is 11.5 Å². The third-order valence-electron chi connectivity index (χ3n) is 3.77. The number of nitrogens with two attached hydrogens (primary N) is 1. The standard InChI is InChI=1S/C16H27N3O2/c1-12(2)10-21-16-14(17)4-5-15(18-16)19-8-6-13(7-9-19)11-20-3/h4-5,12-13H,6-11,17H2,1-3H3. The van der Waals surface area contributed by atoms with Crippen LogP contribution in [0.25, 0.3) is 0 Å². The van der Waals surface area contributed by atoms with Crippen LogP contribution in [0, 0.1) is 11.8 Å². The number of nitrogens with zero attached hydrogens (tertiary/aromatic N) is 2. The monoisotopic (exact) mass is 293 g/mol. The van der Waals surface area contributed by atoms with Gasteiger partial charge in [0.15, 0.2) is 0 Å². The van der Waals surface area contributed by atoms with E-state index in [2.05, 4.69) is 23.7 Å². The minimum absolute atomic E-state index is 0.458. The van der Waals surface area contributed by atoms with Crippen LogP contribution in [0.3, 0.4) is 0 Å². The molecule has 0 bridgehead atoms. The number of hydrogen-bond donors (Lipinski definition) is 1. The molecule has 1 saturated heterocycles. The number of methoxy groups -OCH3 is 1. The number of rotatable bonds is 6. The normalized spacial score (nSPS) is 16.5. The van der Waals surface area contributed by atoms with E-state index in [0.717, 1.165) is 38.4 Å². The molecule has 0 aliphatic carbocycles. The van der Waals surface area contributed by atoms with Crippen LogP contribution in [0.1, 0.15) is 26.7 Å². The molecule has 2 rings (SSSR count). The smallest absolute Gasteiger partial charge is 0.239 e. The Morgan fingerprint density at radius 3 is 2.67 bits per heavy atom. The number of hydrogen-bond acceptors (Lipinski definition) is 5. The summed E-state index contributed by atoms with van der Waals surface area (Å²) in [7, 11) is 1.77. The van der Waals surface area contributed by atoms with Crippen molar-refractivity contribution in [3.8, 4) is 5.88 Å². The van der Waals surface area contributed by atoms with Crippen molar-refractivity contribution in [2.24, 2.45) is 11.8 Å². The molecule has 21 heavy (non-hydrogen) atoms. The molecule has 2 N–H and O–H groups in total. The molecule has 118 valence electrons. The topological polar surface area (TPSA) is 60.6 Å². The Kier molecular flexibility index (Phi) is 5.67. The highest BCUT2D eigenvalue weighted by Gasteiger charge is 2.20. The molecule has 0 unspecified atom stereocenters. The van der Waals surface area contributed by atoms with Gasteiger partial charge in [-0.25, -0.2) is 0 Å². The van der Waals surface area contributed by atoms with Gasteiger partial charge < -0.3 is 20.1 Å². The van der Waals surface area contributed by atoms with E-state index in [9.17, 15) is 0 Å². The molecule has 1 aromatic heterocycles. The van der Waals surface area contributed by atoms with E-state index >= 15 is 0 Å². The fourth-order valence-corrected chi connectivity index (χ4v) is 2.54. The molecule has 5 nitrogen and oxygen atoms in total. The third-order valence-corrected chi connectivity index (χ3v) is 3.77. The van der Waals surface area contributed by atoms with E-state index in [1.54, 1.807) is 7.11 Å². The van der Waals surface area contributed by atoms with Crippen LogP contribution in [0.4, 0.5) is 11.5 Å². The van der Waals surface area contributed by atoms with E-state index in [-0.39, 0.29) is 0 Å². The summed E-state index contributed by atoms with van der Waals surface area (Å²) in [6.45, 7) is 7.73. The number of ether oxygens (including phenoxy) is 2. The summed E-state index contributed by atoms with van der Waals surface area (Å²) in [5.74, 6) is 2.63. The fourth-order valence-electron chi connectivity index (χ4n) is 2.54. The molecule has 0 atom stereocenters. The Labute approximate surface area is 127 Å². The number of piperidine rings is 1. The lowest BCUT2D eigenvalue weighted by molar-refractivity contribution is 0.139.